The van der Waals surface area contributed by atoms with Gasteiger partial charge in [-0.2, -0.15) is 0 Å². The van der Waals surface area contributed by atoms with Gasteiger partial charge in [-0.3, -0.25) is 0 Å². The molecule has 1 N–H and O–H groups in total. The van der Waals surface area contributed by atoms with E-state index in [0.29, 0.717) is 11.2 Å². The highest BCUT2D eigenvalue weighted by atomic mass is 79.9. The van der Waals surface area contributed by atoms with Crippen molar-refractivity contribution in [2.45, 2.75) is 18.9 Å². The van der Waals surface area contributed by atoms with Crippen LogP contribution in [-0.2, 0) is 0 Å². The second-order valence-electron chi connectivity index (χ2n) is 6.24. The van der Waals surface area contributed by atoms with Crippen LogP contribution < -0.4 is 5.32 Å². The largest absolute Gasteiger partial charge is 0.380 e. The van der Waals surface area contributed by atoms with Crippen LogP contribution in [0.15, 0.2) is 16.7 Å². The molecule has 1 saturated carbocycles. The Morgan fingerprint density at radius 1 is 1.26 bits per heavy atom. The summed E-state index contributed by atoms with van der Waals surface area (Å²) in [5.41, 5.74) is 1.09. The maximum absolute atomic E-state index is 5.95. The van der Waals surface area contributed by atoms with E-state index in [0.717, 1.165) is 27.9 Å². The molecule has 4 heterocycles. The van der Waals surface area contributed by atoms with Gasteiger partial charge in [-0.1, -0.05) is 11.6 Å². The minimum Gasteiger partial charge on any atom is -0.380 e. The molecular formula is C14H17BrClN3. The van der Waals surface area contributed by atoms with Crippen LogP contribution in [0.4, 0.5) is 5.69 Å². The SMILES string of the molecule is Clc1ncc(NC2[C@H]3CC4C[C@H]2CN(C4)C3)cc1Br. The summed E-state index contributed by atoms with van der Waals surface area (Å²) in [4.78, 5) is 6.86. The van der Waals surface area contributed by atoms with E-state index in [9.17, 15) is 0 Å². The van der Waals surface area contributed by atoms with Crippen LogP contribution in [0.25, 0.3) is 0 Å². The minimum atomic E-state index is 0.529. The summed E-state index contributed by atoms with van der Waals surface area (Å²) in [6.45, 7) is 3.88. The van der Waals surface area contributed by atoms with Gasteiger partial charge in [0.05, 0.1) is 16.4 Å². The molecule has 3 saturated heterocycles. The van der Waals surface area contributed by atoms with Gasteiger partial charge in [0.25, 0.3) is 0 Å². The third-order valence-corrected chi connectivity index (χ3v) is 6.05. The Morgan fingerprint density at radius 3 is 2.63 bits per heavy atom. The molecule has 4 bridgehead atoms. The van der Waals surface area contributed by atoms with Crippen molar-refractivity contribution in [2.24, 2.45) is 17.8 Å². The third-order valence-electron chi connectivity index (χ3n) is 4.92. The normalized spacial score (nSPS) is 39.6. The van der Waals surface area contributed by atoms with Crippen LogP contribution >= 0.6 is 27.5 Å². The number of pyridine rings is 1. The molecule has 102 valence electrons. The Balaban J connectivity index is 1.55. The highest BCUT2D eigenvalue weighted by Crippen LogP contribution is 2.44. The molecule has 3 nitrogen and oxygen atoms in total. The predicted octanol–water partition coefficient (Wildman–Crippen LogP) is 3.25. The van der Waals surface area contributed by atoms with Crippen molar-refractivity contribution in [1.29, 1.82) is 0 Å². The Morgan fingerprint density at radius 2 is 2.00 bits per heavy atom. The summed E-state index contributed by atoms with van der Waals surface area (Å²) in [5, 5.41) is 4.24. The summed E-state index contributed by atoms with van der Waals surface area (Å²) in [6, 6.07) is 2.66. The minimum absolute atomic E-state index is 0.529. The topological polar surface area (TPSA) is 28.2 Å². The highest BCUT2D eigenvalue weighted by Gasteiger charge is 2.47. The molecular weight excluding hydrogens is 326 g/mol. The fourth-order valence-electron chi connectivity index (χ4n) is 4.34. The van der Waals surface area contributed by atoms with Crippen LogP contribution in [-0.4, -0.2) is 35.6 Å². The molecule has 1 aromatic rings. The molecule has 4 fully saturated rings. The number of nitrogens with zero attached hydrogens (tertiary/aromatic N) is 2. The zero-order chi connectivity index (χ0) is 13.0. The number of halogens is 2. The Labute approximate surface area is 126 Å². The van der Waals surface area contributed by atoms with Gasteiger partial charge in [-0.05, 0) is 52.6 Å². The van der Waals surface area contributed by atoms with E-state index in [1.54, 1.807) is 0 Å². The standard InChI is InChI=1S/C14H17BrClN3/c15-12-3-11(4-17-14(12)16)18-13-9-1-8-2-10(13)7-19(5-8)6-9/h3-4,8-10,13,18H,1-2,5-7H2/t8?,9-,10-,13?/m0/s1. The van der Waals surface area contributed by atoms with Crippen molar-refractivity contribution < 1.29 is 0 Å². The lowest BCUT2D eigenvalue weighted by molar-refractivity contribution is -0.0269. The van der Waals surface area contributed by atoms with Crippen molar-refractivity contribution in [3.63, 3.8) is 0 Å². The second-order valence-corrected chi connectivity index (χ2v) is 7.46. The van der Waals surface area contributed by atoms with Gasteiger partial charge in [0.2, 0.25) is 0 Å². The molecule has 4 aliphatic rings. The van der Waals surface area contributed by atoms with Crippen molar-refractivity contribution >= 4 is 33.2 Å². The number of nitrogens with one attached hydrogen (secondary N) is 1. The summed E-state index contributed by atoms with van der Waals surface area (Å²) < 4.78 is 0.867. The molecule has 5 heteroatoms. The molecule has 0 radical (unpaired) electrons. The lowest BCUT2D eigenvalue weighted by Gasteiger charge is -2.56. The summed E-state index contributed by atoms with van der Waals surface area (Å²) >= 11 is 9.40. The van der Waals surface area contributed by atoms with Gasteiger partial charge >= 0.3 is 0 Å². The zero-order valence-corrected chi connectivity index (χ0v) is 13.0. The van der Waals surface area contributed by atoms with E-state index in [4.69, 9.17) is 11.6 Å². The lowest BCUT2D eigenvalue weighted by Crippen LogP contribution is -2.62. The molecule has 0 amide bonds. The number of anilines is 1. The first-order valence-corrected chi connectivity index (χ1v) is 8.16. The second kappa shape index (κ2) is 4.61. The number of piperidine rings is 3. The maximum atomic E-state index is 5.95. The Hall–Kier alpha value is -0.320. The van der Waals surface area contributed by atoms with Gasteiger partial charge in [0.1, 0.15) is 5.15 Å². The Bertz CT molecular complexity index is 479. The smallest absolute Gasteiger partial charge is 0.143 e. The van der Waals surface area contributed by atoms with E-state index >= 15 is 0 Å². The Kier molecular flexibility index (Phi) is 3.01. The highest BCUT2D eigenvalue weighted by molar-refractivity contribution is 9.10. The first-order valence-electron chi connectivity index (χ1n) is 6.99. The van der Waals surface area contributed by atoms with Gasteiger partial charge in [0, 0.05) is 25.7 Å². The number of hydrogen-bond donors (Lipinski definition) is 1. The molecule has 5 rings (SSSR count). The summed E-state index contributed by atoms with van der Waals surface area (Å²) in [7, 11) is 0. The van der Waals surface area contributed by atoms with Gasteiger partial charge in [0.15, 0.2) is 0 Å². The first kappa shape index (κ1) is 12.4. The fourth-order valence-corrected chi connectivity index (χ4v) is 4.79. The molecule has 0 aromatic carbocycles. The van der Waals surface area contributed by atoms with Crippen molar-refractivity contribution in [3.8, 4) is 0 Å². The van der Waals surface area contributed by atoms with Gasteiger partial charge < -0.3 is 10.2 Å². The molecule has 0 spiro atoms. The predicted molar refractivity (Wildman–Crippen MR) is 80.5 cm³/mol. The van der Waals surface area contributed by atoms with E-state index < -0.39 is 0 Å². The molecule has 0 unspecified atom stereocenters. The molecule has 19 heavy (non-hydrogen) atoms. The number of rotatable bonds is 2. The van der Waals surface area contributed by atoms with Gasteiger partial charge in [-0.25, -0.2) is 4.98 Å². The molecule has 1 aliphatic carbocycles. The molecule has 2 atom stereocenters. The fraction of sp³-hybridized carbons (Fsp3) is 0.643. The van der Waals surface area contributed by atoms with Crippen LogP contribution in [0.5, 0.6) is 0 Å². The maximum Gasteiger partial charge on any atom is 0.143 e. The van der Waals surface area contributed by atoms with Crippen LogP contribution in [0.1, 0.15) is 12.8 Å². The third kappa shape index (κ3) is 2.18. The van der Waals surface area contributed by atoms with E-state index in [1.807, 2.05) is 12.3 Å². The van der Waals surface area contributed by atoms with E-state index in [2.05, 4.69) is 31.1 Å². The monoisotopic (exact) mass is 341 g/mol. The zero-order valence-electron chi connectivity index (χ0n) is 10.6. The number of hydrogen-bond acceptors (Lipinski definition) is 3. The van der Waals surface area contributed by atoms with Crippen molar-refractivity contribution in [1.82, 2.24) is 9.88 Å². The van der Waals surface area contributed by atoms with Crippen molar-refractivity contribution in [2.75, 3.05) is 25.0 Å². The average Bonchev–Trinajstić information content (AvgIpc) is 2.37. The quantitative estimate of drug-likeness (QED) is 0.836. The summed E-state index contributed by atoms with van der Waals surface area (Å²) in [5.74, 6) is 2.56. The van der Waals surface area contributed by atoms with E-state index in [-0.39, 0.29) is 0 Å². The molecule has 3 aliphatic heterocycles. The van der Waals surface area contributed by atoms with E-state index in [1.165, 1.54) is 32.5 Å². The molecule has 1 aromatic heterocycles. The number of aromatic nitrogens is 1. The van der Waals surface area contributed by atoms with Crippen molar-refractivity contribution in [3.05, 3.63) is 21.9 Å². The van der Waals surface area contributed by atoms with Crippen LogP contribution in [0.2, 0.25) is 5.15 Å². The summed E-state index contributed by atoms with van der Waals surface area (Å²) in [6.07, 6.45) is 4.64. The first-order chi connectivity index (χ1) is 9.19. The van der Waals surface area contributed by atoms with Crippen LogP contribution in [0.3, 0.4) is 0 Å². The van der Waals surface area contributed by atoms with Crippen LogP contribution in [0, 0.1) is 17.8 Å². The van der Waals surface area contributed by atoms with Gasteiger partial charge in [-0.15, -0.1) is 0 Å². The average molecular weight is 343 g/mol. The lowest BCUT2D eigenvalue weighted by atomic mass is 9.65.